The zero-order valence-corrected chi connectivity index (χ0v) is 9.86. The molecule has 0 fully saturated rings. The van der Waals surface area contributed by atoms with Crippen molar-refractivity contribution in [2.24, 2.45) is 7.05 Å². The summed E-state index contributed by atoms with van der Waals surface area (Å²) in [4.78, 5) is 0. The van der Waals surface area contributed by atoms with Gasteiger partial charge in [-0.1, -0.05) is 12.1 Å². The number of anilines is 1. The minimum Gasteiger partial charge on any atom is -0.396 e. The minimum absolute atomic E-state index is 0.674. The van der Waals surface area contributed by atoms with Crippen LogP contribution in [0.5, 0.6) is 0 Å². The van der Waals surface area contributed by atoms with Crippen molar-refractivity contribution in [2.45, 2.75) is 6.92 Å². The summed E-state index contributed by atoms with van der Waals surface area (Å²) in [5, 5.41) is 8.12. The highest BCUT2D eigenvalue weighted by Crippen LogP contribution is 2.29. The van der Waals surface area contributed by atoms with Gasteiger partial charge in [0, 0.05) is 18.0 Å². The first kappa shape index (κ1) is 9.96. The van der Waals surface area contributed by atoms with E-state index in [-0.39, 0.29) is 0 Å². The fraction of sp³-hybridized carbons (Fsp3) is 0.154. The van der Waals surface area contributed by atoms with E-state index in [0.717, 1.165) is 11.4 Å². The van der Waals surface area contributed by atoms with Crippen molar-refractivity contribution in [3.05, 3.63) is 36.0 Å². The molecule has 3 rings (SSSR count). The van der Waals surface area contributed by atoms with Gasteiger partial charge >= 0.3 is 0 Å². The van der Waals surface area contributed by atoms with Crippen molar-refractivity contribution in [1.29, 1.82) is 0 Å². The molecule has 0 saturated carbocycles. The lowest BCUT2D eigenvalue weighted by atomic mass is 10.2. The second kappa shape index (κ2) is 3.38. The molecular weight excluding hydrogens is 212 g/mol. The Kier molecular flexibility index (Phi) is 1.98. The maximum absolute atomic E-state index is 5.89. The van der Waals surface area contributed by atoms with Gasteiger partial charge in [0.15, 0.2) is 0 Å². The van der Waals surface area contributed by atoms with Gasteiger partial charge < -0.3 is 10.3 Å². The van der Waals surface area contributed by atoms with Gasteiger partial charge in [0.25, 0.3) is 0 Å². The molecule has 4 nitrogen and oxygen atoms in total. The summed E-state index contributed by atoms with van der Waals surface area (Å²) in [7, 11) is 2.04. The first-order valence-corrected chi connectivity index (χ1v) is 5.52. The van der Waals surface area contributed by atoms with Gasteiger partial charge in [-0.2, -0.15) is 5.10 Å². The number of hydrogen-bond acceptors (Lipinski definition) is 2. The van der Waals surface area contributed by atoms with Crippen LogP contribution in [-0.4, -0.2) is 14.8 Å². The quantitative estimate of drug-likeness (QED) is 0.669. The Labute approximate surface area is 99.1 Å². The number of nitrogens with zero attached hydrogens (tertiary/aromatic N) is 2. The van der Waals surface area contributed by atoms with Crippen LogP contribution in [0.2, 0.25) is 0 Å². The summed E-state index contributed by atoms with van der Waals surface area (Å²) < 4.78 is 2.13. The van der Waals surface area contributed by atoms with Crippen LogP contribution in [0.3, 0.4) is 0 Å². The molecule has 0 amide bonds. The summed E-state index contributed by atoms with van der Waals surface area (Å²) in [5.41, 5.74) is 10.9. The highest BCUT2D eigenvalue weighted by atomic mass is 15.1. The normalized spacial score (nSPS) is 11.2. The summed E-state index contributed by atoms with van der Waals surface area (Å²) in [6.45, 7) is 2.09. The number of hydrogen-bond donors (Lipinski definition) is 2. The van der Waals surface area contributed by atoms with Crippen LogP contribution >= 0.6 is 0 Å². The standard InChI is InChI=1S/C13H14N4/c1-8-3-4-9-6-12(17(2)11(9)5-8)13-10(14)7-15-16-13/h3-7H,14H2,1-2H3,(H,15,16). The molecule has 17 heavy (non-hydrogen) atoms. The van der Waals surface area contributed by atoms with Crippen LogP contribution in [-0.2, 0) is 7.05 Å². The van der Waals surface area contributed by atoms with Crippen molar-refractivity contribution >= 4 is 16.6 Å². The van der Waals surface area contributed by atoms with Crippen LogP contribution in [0, 0.1) is 6.92 Å². The predicted octanol–water partition coefficient (Wildman–Crippen LogP) is 2.46. The summed E-state index contributed by atoms with van der Waals surface area (Å²) in [6, 6.07) is 8.53. The Hall–Kier alpha value is -2.23. The van der Waals surface area contributed by atoms with Gasteiger partial charge in [0.05, 0.1) is 17.6 Å². The number of rotatable bonds is 1. The molecule has 0 spiro atoms. The molecule has 2 heterocycles. The monoisotopic (exact) mass is 226 g/mol. The van der Waals surface area contributed by atoms with Gasteiger partial charge in [-0.3, -0.25) is 5.10 Å². The zero-order valence-electron chi connectivity index (χ0n) is 9.86. The Balaban J connectivity index is 2.32. The molecule has 0 aliphatic carbocycles. The van der Waals surface area contributed by atoms with E-state index in [1.54, 1.807) is 6.20 Å². The third-order valence-electron chi connectivity index (χ3n) is 3.13. The fourth-order valence-electron chi connectivity index (χ4n) is 2.18. The van der Waals surface area contributed by atoms with E-state index in [1.165, 1.54) is 16.5 Å². The van der Waals surface area contributed by atoms with Gasteiger partial charge in [0.2, 0.25) is 0 Å². The highest BCUT2D eigenvalue weighted by Gasteiger charge is 2.11. The van der Waals surface area contributed by atoms with Gasteiger partial charge in [-0.15, -0.1) is 0 Å². The molecule has 0 bridgehead atoms. The van der Waals surface area contributed by atoms with Crippen molar-refractivity contribution in [2.75, 3.05) is 5.73 Å². The maximum atomic E-state index is 5.89. The van der Waals surface area contributed by atoms with Crippen LogP contribution < -0.4 is 5.73 Å². The number of nitrogens with one attached hydrogen (secondary N) is 1. The number of nitrogens with two attached hydrogens (primary N) is 1. The lowest BCUT2D eigenvalue weighted by molar-refractivity contribution is 0.963. The first-order valence-electron chi connectivity index (χ1n) is 5.52. The Morgan fingerprint density at radius 2 is 2.12 bits per heavy atom. The van der Waals surface area contributed by atoms with Crippen LogP contribution in [0.4, 0.5) is 5.69 Å². The zero-order chi connectivity index (χ0) is 12.0. The molecule has 0 radical (unpaired) electrons. The van der Waals surface area contributed by atoms with E-state index < -0.39 is 0 Å². The minimum atomic E-state index is 0.674. The second-order valence-corrected chi connectivity index (χ2v) is 4.35. The molecule has 0 atom stereocenters. The Morgan fingerprint density at radius 3 is 2.82 bits per heavy atom. The van der Waals surface area contributed by atoms with E-state index in [0.29, 0.717) is 5.69 Å². The van der Waals surface area contributed by atoms with Crippen molar-refractivity contribution < 1.29 is 0 Å². The summed E-state index contributed by atoms with van der Waals surface area (Å²) >= 11 is 0. The average molecular weight is 226 g/mol. The molecule has 0 aliphatic heterocycles. The van der Waals surface area contributed by atoms with Crippen molar-refractivity contribution in [3.8, 4) is 11.4 Å². The number of nitrogen functional groups attached to an aromatic ring is 1. The largest absolute Gasteiger partial charge is 0.396 e. The first-order chi connectivity index (χ1) is 8.16. The van der Waals surface area contributed by atoms with E-state index in [2.05, 4.69) is 46.0 Å². The van der Waals surface area contributed by atoms with E-state index in [9.17, 15) is 0 Å². The molecule has 86 valence electrons. The lowest BCUT2D eigenvalue weighted by Crippen LogP contribution is -1.94. The molecule has 0 saturated heterocycles. The van der Waals surface area contributed by atoms with E-state index in [4.69, 9.17) is 5.73 Å². The molecule has 0 aliphatic rings. The molecule has 3 aromatic rings. The van der Waals surface area contributed by atoms with Crippen molar-refractivity contribution in [3.63, 3.8) is 0 Å². The molecular formula is C13H14N4. The number of aromatic nitrogens is 3. The van der Waals surface area contributed by atoms with Crippen molar-refractivity contribution in [1.82, 2.24) is 14.8 Å². The number of benzene rings is 1. The van der Waals surface area contributed by atoms with E-state index >= 15 is 0 Å². The average Bonchev–Trinajstić information content (AvgIpc) is 2.84. The molecule has 4 heteroatoms. The molecule has 3 N–H and O–H groups in total. The summed E-state index contributed by atoms with van der Waals surface area (Å²) in [5.74, 6) is 0. The molecule has 0 unspecified atom stereocenters. The van der Waals surface area contributed by atoms with Crippen LogP contribution in [0.1, 0.15) is 5.56 Å². The van der Waals surface area contributed by atoms with Gasteiger partial charge in [-0.25, -0.2) is 0 Å². The van der Waals surface area contributed by atoms with Gasteiger partial charge in [0.1, 0.15) is 5.69 Å². The number of aromatic amines is 1. The SMILES string of the molecule is Cc1ccc2cc(-c3[nH]ncc3N)n(C)c2c1. The maximum Gasteiger partial charge on any atom is 0.104 e. The van der Waals surface area contributed by atoms with Crippen LogP contribution in [0.25, 0.3) is 22.3 Å². The fourth-order valence-corrected chi connectivity index (χ4v) is 2.18. The van der Waals surface area contributed by atoms with E-state index in [1.807, 2.05) is 7.05 Å². The van der Waals surface area contributed by atoms with Crippen LogP contribution in [0.15, 0.2) is 30.5 Å². The smallest absolute Gasteiger partial charge is 0.104 e. The number of fused-ring (bicyclic) bond motifs is 1. The topological polar surface area (TPSA) is 59.6 Å². The Morgan fingerprint density at radius 1 is 1.29 bits per heavy atom. The lowest BCUT2D eigenvalue weighted by Gasteiger charge is -2.03. The molecule has 2 aromatic heterocycles. The second-order valence-electron chi connectivity index (χ2n) is 4.35. The van der Waals surface area contributed by atoms with Gasteiger partial charge in [-0.05, 0) is 24.6 Å². The Bertz CT molecular complexity index is 691. The number of aryl methyl sites for hydroxylation is 2. The number of H-pyrrole nitrogens is 1. The third-order valence-corrected chi connectivity index (χ3v) is 3.13. The molecule has 1 aromatic carbocycles. The predicted molar refractivity (Wildman–Crippen MR) is 69.7 cm³/mol. The highest BCUT2D eigenvalue weighted by molar-refractivity contribution is 5.88. The summed E-state index contributed by atoms with van der Waals surface area (Å²) in [6.07, 6.45) is 1.64. The third kappa shape index (κ3) is 1.41.